The number of hydrogen-bond acceptors (Lipinski definition) is 2. The van der Waals surface area contributed by atoms with E-state index in [0.717, 1.165) is 13.0 Å². The number of rotatable bonds is 2. The summed E-state index contributed by atoms with van der Waals surface area (Å²) in [6.07, 6.45) is 3.67. The lowest BCUT2D eigenvalue weighted by molar-refractivity contribution is 0.233. The highest BCUT2D eigenvalue weighted by atomic mass is 16.2. The summed E-state index contributed by atoms with van der Waals surface area (Å²) in [5.41, 5.74) is 0. The molecule has 4 nitrogen and oxygen atoms in total. The maximum absolute atomic E-state index is 11.0. The number of carbonyl (C=O) groups is 1. The van der Waals surface area contributed by atoms with Crippen LogP contribution in [0.1, 0.15) is 26.2 Å². The number of piperidine rings is 1. The number of amides is 2. The van der Waals surface area contributed by atoms with Crippen LogP contribution in [0.15, 0.2) is 0 Å². The molecule has 76 valence electrons. The first kappa shape index (κ1) is 10.3. The molecule has 0 radical (unpaired) electrons. The molecule has 1 heterocycles. The fourth-order valence-corrected chi connectivity index (χ4v) is 1.69. The Morgan fingerprint density at radius 2 is 2.31 bits per heavy atom. The zero-order valence-electron chi connectivity index (χ0n) is 8.39. The maximum atomic E-state index is 11.0. The molecule has 1 fully saturated rings. The van der Waals surface area contributed by atoms with E-state index in [0.29, 0.717) is 6.04 Å². The zero-order valence-corrected chi connectivity index (χ0v) is 8.39. The second kappa shape index (κ2) is 5.07. The van der Waals surface area contributed by atoms with Gasteiger partial charge in [-0.05, 0) is 26.3 Å². The van der Waals surface area contributed by atoms with E-state index in [1.807, 2.05) is 6.92 Å². The Labute approximate surface area is 79.5 Å². The average Bonchev–Trinajstić information content (AvgIpc) is 2.19. The van der Waals surface area contributed by atoms with Gasteiger partial charge >= 0.3 is 6.03 Å². The largest absolute Gasteiger partial charge is 0.341 e. The summed E-state index contributed by atoms with van der Waals surface area (Å²) in [6.45, 7) is 3.11. The Bertz CT molecular complexity index is 166. The van der Waals surface area contributed by atoms with Gasteiger partial charge in [-0.2, -0.15) is 0 Å². The summed E-state index contributed by atoms with van der Waals surface area (Å²) in [7, 11) is 1.64. The Balaban J connectivity index is 2.28. The van der Waals surface area contributed by atoms with Gasteiger partial charge in [0, 0.05) is 19.1 Å². The van der Waals surface area contributed by atoms with Gasteiger partial charge in [0.2, 0.25) is 0 Å². The highest BCUT2D eigenvalue weighted by Gasteiger charge is 2.20. The van der Waals surface area contributed by atoms with Crippen molar-refractivity contribution in [1.82, 2.24) is 16.0 Å². The molecule has 2 unspecified atom stereocenters. The van der Waals surface area contributed by atoms with Gasteiger partial charge in [0.15, 0.2) is 0 Å². The van der Waals surface area contributed by atoms with Crippen LogP contribution in [-0.2, 0) is 0 Å². The van der Waals surface area contributed by atoms with Crippen molar-refractivity contribution in [2.45, 2.75) is 38.3 Å². The van der Waals surface area contributed by atoms with E-state index in [4.69, 9.17) is 0 Å². The van der Waals surface area contributed by atoms with Crippen molar-refractivity contribution in [2.24, 2.45) is 0 Å². The highest BCUT2D eigenvalue weighted by molar-refractivity contribution is 5.73. The molecule has 0 bridgehead atoms. The van der Waals surface area contributed by atoms with Crippen molar-refractivity contribution >= 4 is 6.03 Å². The van der Waals surface area contributed by atoms with Crippen LogP contribution in [0, 0.1) is 0 Å². The van der Waals surface area contributed by atoms with Crippen molar-refractivity contribution in [3.8, 4) is 0 Å². The third-order valence-electron chi connectivity index (χ3n) is 2.54. The van der Waals surface area contributed by atoms with E-state index < -0.39 is 0 Å². The molecule has 1 aliphatic heterocycles. The van der Waals surface area contributed by atoms with Gasteiger partial charge in [-0.15, -0.1) is 0 Å². The van der Waals surface area contributed by atoms with Crippen LogP contribution >= 0.6 is 0 Å². The number of carbonyl (C=O) groups excluding carboxylic acids is 1. The van der Waals surface area contributed by atoms with E-state index in [9.17, 15) is 4.79 Å². The lowest BCUT2D eigenvalue weighted by atomic mass is 9.99. The summed E-state index contributed by atoms with van der Waals surface area (Å²) in [6, 6.07) is 0.547. The molecule has 1 rings (SSSR count). The van der Waals surface area contributed by atoms with Gasteiger partial charge in [-0.25, -0.2) is 4.79 Å². The second-order valence-electron chi connectivity index (χ2n) is 3.57. The van der Waals surface area contributed by atoms with Crippen LogP contribution in [-0.4, -0.2) is 31.7 Å². The highest BCUT2D eigenvalue weighted by Crippen LogP contribution is 2.09. The third-order valence-corrected chi connectivity index (χ3v) is 2.54. The summed E-state index contributed by atoms with van der Waals surface area (Å²) < 4.78 is 0. The lowest BCUT2D eigenvalue weighted by Gasteiger charge is -2.29. The molecule has 2 amide bonds. The van der Waals surface area contributed by atoms with E-state index in [1.165, 1.54) is 12.8 Å². The molecule has 0 aromatic rings. The van der Waals surface area contributed by atoms with Crippen molar-refractivity contribution < 1.29 is 4.79 Å². The first-order chi connectivity index (χ1) is 6.24. The van der Waals surface area contributed by atoms with Crippen LogP contribution in [0.3, 0.4) is 0 Å². The molecule has 0 aromatic carbocycles. The van der Waals surface area contributed by atoms with Crippen LogP contribution in [0.2, 0.25) is 0 Å². The Hall–Kier alpha value is -0.770. The van der Waals surface area contributed by atoms with E-state index in [2.05, 4.69) is 16.0 Å². The monoisotopic (exact) mass is 185 g/mol. The average molecular weight is 185 g/mol. The standard InChI is InChI=1S/C9H19N3O/c1-7(12-9(13)10-2)8-5-3-4-6-11-8/h7-8,11H,3-6H2,1-2H3,(H2,10,12,13). The first-order valence-corrected chi connectivity index (χ1v) is 4.95. The summed E-state index contributed by atoms with van der Waals surface area (Å²) in [5, 5.41) is 8.85. The van der Waals surface area contributed by atoms with Gasteiger partial charge in [-0.3, -0.25) is 0 Å². The van der Waals surface area contributed by atoms with Crippen LogP contribution in [0.25, 0.3) is 0 Å². The van der Waals surface area contributed by atoms with Crippen LogP contribution in [0.4, 0.5) is 4.79 Å². The molecule has 1 saturated heterocycles. The van der Waals surface area contributed by atoms with Gasteiger partial charge in [0.05, 0.1) is 0 Å². The van der Waals surface area contributed by atoms with Gasteiger partial charge in [0.1, 0.15) is 0 Å². The van der Waals surface area contributed by atoms with Crippen molar-refractivity contribution in [2.75, 3.05) is 13.6 Å². The quantitative estimate of drug-likeness (QED) is 0.585. The second-order valence-corrected chi connectivity index (χ2v) is 3.57. The van der Waals surface area contributed by atoms with Crippen molar-refractivity contribution in [3.63, 3.8) is 0 Å². The van der Waals surface area contributed by atoms with Gasteiger partial charge in [0.25, 0.3) is 0 Å². The topological polar surface area (TPSA) is 53.2 Å². The lowest BCUT2D eigenvalue weighted by Crippen LogP contribution is -2.51. The number of hydrogen-bond donors (Lipinski definition) is 3. The van der Waals surface area contributed by atoms with E-state index >= 15 is 0 Å². The number of nitrogens with one attached hydrogen (secondary N) is 3. The number of urea groups is 1. The Morgan fingerprint density at radius 3 is 2.85 bits per heavy atom. The molecular formula is C9H19N3O. The SMILES string of the molecule is CNC(=O)NC(C)C1CCCCN1. The fourth-order valence-electron chi connectivity index (χ4n) is 1.69. The predicted molar refractivity (Wildman–Crippen MR) is 52.7 cm³/mol. The molecule has 3 N–H and O–H groups in total. The third kappa shape index (κ3) is 3.22. The minimum absolute atomic E-state index is 0.0973. The van der Waals surface area contributed by atoms with Crippen molar-refractivity contribution in [1.29, 1.82) is 0 Å². The molecule has 0 spiro atoms. The summed E-state index contributed by atoms with van der Waals surface area (Å²) >= 11 is 0. The summed E-state index contributed by atoms with van der Waals surface area (Å²) in [4.78, 5) is 11.0. The molecule has 2 atom stereocenters. The van der Waals surface area contributed by atoms with Crippen molar-refractivity contribution in [3.05, 3.63) is 0 Å². The minimum Gasteiger partial charge on any atom is -0.341 e. The maximum Gasteiger partial charge on any atom is 0.314 e. The first-order valence-electron chi connectivity index (χ1n) is 4.95. The summed E-state index contributed by atoms with van der Waals surface area (Å²) in [5.74, 6) is 0. The molecule has 0 aromatic heterocycles. The van der Waals surface area contributed by atoms with Crippen LogP contribution < -0.4 is 16.0 Å². The molecular weight excluding hydrogens is 166 g/mol. The zero-order chi connectivity index (χ0) is 9.68. The molecule has 0 saturated carbocycles. The molecule has 0 aliphatic carbocycles. The Kier molecular flexibility index (Phi) is 4.02. The Morgan fingerprint density at radius 1 is 1.54 bits per heavy atom. The van der Waals surface area contributed by atoms with Gasteiger partial charge < -0.3 is 16.0 Å². The normalized spacial score (nSPS) is 24.9. The molecule has 1 aliphatic rings. The van der Waals surface area contributed by atoms with E-state index in [-0.39, 0.29) is 12.1 Å². The molecule has 13 heavy (non-hydrogen) atoms. The minimum atomic E-state index is -0.0973. The van der Waals surface area contributed by atoms with E-state index in [1.54, 1.807) is 7.05 Å². The molecule has 4 heteroatoms. The van der Waals surface area contributed by atoms with Crippen LogP contribution in [0.5, 0.6) is 0 Å². The predicted octanol–water partition coefficient (Wildman–Crippen LogP) is 0.446. The smallest absolute Gasteiger partial charge is 0.314 e. The van der Waals surface area contributed by atoms with Gasteiger partial charge in [-0.1, -0.05) is 6.42 Å². The fraction of sp³-hybridized carbons (Fsp3) is 0.889.